The van der Waals surface area contributed by atoms with Gasteiger partial charge in [0.15, 0.2) is 5.65 Å². The van der Waals surface area contributed by atoms with Crippen molar-refractivity contribution in [2.24, 2.45) is 0 Å². The van der Waals surface area contributed by atoms with Gasteiger partial charge in [0.05, 0.1) is 32.2 Å². The zero-order valence-electron chi connectivity index (χ0n) is 16.5. The van der Waals surface area contributed by atoms with Crippen molar-refractivity contribution in [3.8, 4) is 17.0 Å². The first-order chi connectivity index (χ1) is 14.3. The van der Waals surface area contributed by atoms with E-state index >= 15 is 0 Å². The minimum Gasteiger partial charge on any atom is -0.497 e. The number of amides is 1. The van der Waals surface area contributed by atoms with Crippen LogP contribution in [0, 0.1) is 0 Å². The Balaban J connectivity index is 1.45. The van der Waals surface area contributed by atoms with Crippen LogP contribution in [0.1, 0.15) is 16.8 Å². The van der Waals surface area contributed by atoms with E-state index in [4.69, 9.17) is 9.47 Å². The molecule has 1 aliphatic rings. The van der Waals surface area contributed by atoms with E-state index in [1.807, 2.05) is 30.3 Å². The van der Waals surface area contributed by atoms with Crippen molar-refractivity contribution in [2.75, 3.05) is 46.5 Å². The first-order valence-electron chi connectivity index (χ1n) is 9.82. The molecule has 0 bridgehead atoms. The molecule has 1 aromatic carbocycles. The molecule has 1 aliphatic heterocycles. The molecule has 0 unspecified atom stereocenters. The lowest BCUT2D eigenvalue weighted by atomic mass is 10.1. The van der Waals surface area contributed by atoms with E-state index in [2.05, 4.69) is 20.3 Å². The molecule has 1 amide bonds. The molecule has 2 aromatic heterocycles. The van der Waals surface area contributed by atoms with Crippen LogP contribution in [0.15, 0.2) is 42.7 Å². The average molecular weight is 395 g/mol. The standard InChI is InChI=1S/C21H25N5O3/c1-28-17-5-2-4-16(14-17)19-6-8-22-20-18(15-24-26(19)20)21(27)23-7-3-9-25-10-12-29-13-11-25/h2,4-6,8,14-15H,3,7,9-13H2,1H3,(H,23,27). The van der Waals surface area contributed by atoms with Gasteiger partial charge in [-0.3, -0.25) is 9.69 Å². The van der Waals surface area contributed by atoms with E-state index < -0.39 is 0 Å². The Morgan fingerprint density at radius 2 is 2.14 bits per heavy atom. The van der Waals surface area contributed by atoms with Gasteiger partial charge >= 0.3 is 0 Å². The van der Waals surface area contributed by atoms with Crippen molar-refractivity contribution >= 4 is 11.6 Å². The Labute approximate surface area is 169 Å². The van der Waals surface area contributed by atoms with Crippen LogP contribution in [0.3, 0.4) is 0 Å². The number of nitrogens with zero attached hydrogens (tertiary/aromatic N) is 4. The number of benzene rings is 1. The SMILES string of the molecule is COc1cccc(-c2ccnc3c(C(=O)NCCCN4CCOCC4)cnn23)c1. The molecule has 1 saturated heterocycles. The third-order valence-electron chi connectivity index (χ3n) is 5.05. The summed E-state index contributed by atoms with van der Waals surface area (Å²) in [6, 6.07) is 9.59. The predicted octanol–water partition coefficient (Wildman–Crippen LogP) is 1.86. The van der Waals surface area contributed by atoms with Crippen LogP contribution in [0.5, 0.6) is 5.75 Å². The lowest BCUT2D eigenvalue weighted by Crippen LogP contribution is -2.38. The number of carbonyl (C=O) groups excluding carboxylic acids is 1. The van der Waals surface area contributed by atoms with Gasteiger partial charge in [0, 0.05) is 31.4 Å². The van der Waals surface area contributed by atoms with Crippen molar-refractivity contribution in [1.82, 2.24) is 24.8 Å². The van der Waals surface area contributed by atoms with Crippen molar-refractivity contribution < 1.29 is 14.3 Å². The summed E-state index contributed by atoms with van der Waals surface area (Å²) in [5, 5.41) is 7.39. The highest BCUT2D eigenvalue weighted by Crippen LogP contribution is 2.24. The van der Waals surface area contributed by atoms with E-state index in [0.29, 0.717) is 17.8 Å². The summed E-state index contributed by atoms with van der Waals surface area (Å²) in [4.78, 5) is 19.4. The second kappa shape index (κ2) is 9.02. The van der Waals surface area contributed by atoms with Gasteiger partial charge in [-0.25, -0.2) is 9.50 Å². The van der Waals surface area contributed by atoms with Crippen LogP contribution in [0.4, 0.5) is 0 Å². The molecule has 0 spiro atoms. The van der Waals surface area contributed by atoms with Gasteiger partial charge in [-0.2, -0.15) is 5.10 Å². The van der Waals surface area contributed by atoms with Crippen LogP contribution in [0.25, 0.3) is 16.9 Å². The normalized spacial score (nSPS) is 14.8. The van der Waals surface area contributed by atoms with Gasteiger partial charge in [0.2, 0.25) is 0 Å². The monoisotopic (exact) mass is 395 g/mol. The molecule has 0 atom stereocenters. The summed E-state index contributed by atoms with van der Waals surface area (Å²) in [7, 11) is 1.64. The van der Waals surface area contributed by atoms with Crippen molar-refractivity contribution in [3.63, 3.8) is 0 Å². The average Bonchev–Trinajstić information content (AvgIpc) is 3.22. The highest BCUT2D eigenvalue weighted by atomic mass is 16.5. The van der Waals surface area contributed by atoms with Gasteiger partial charge in [0.25, 0.3) is 5.91 Å². The Kier molecular flexibility index (Phi) is 6.02. The van der Waals surface area contributed by atoms with Crippen molar-refractivity contribution in [2.45, 2.75) is 6.42 Å². The second-order valence-electron chi connectivity index (χ2n) is 6.92. The summed E-state index contributed by atoms with van der Waals surface area (Å²) in [5.41, 5.74) is 2.80. The van der Waals surface area contributed by atoms with Crippen LogP contribution < -0.4 is 10.1 Å². The Bertz CT molecular complexity index is 981. The number of ether oxygens (including phenoxy) is 2. The third kappa shape index (κ3) is 4.38. The van der Waals surface area contributed by atoms with Crippen LogP contribution in [-0.4, -0.2) is 71.9 Å². The fourth-order valence-electron chi connectivity index (χ4n) is 3.48. The summed E-state index contributed by atoms with van der Waals surface area (Å²) in [6.45, 7) is 5.06. The maximum atomic E-state index is 12.7. The molecule has 3 heterocycles. The fraction of sp³-hybridized carbons (Fsp3) is 0.381. The summed E-state index contributed by atoms with van der Waals surface area (Å²) in [6.07, 6.45) is 4.16. The van der Waals surface area contributed by atoms with E-state index in [0.717, 1.165) is 56.3 Å². The Morgan fingerprint density at radius 1 is 1.28 bits per heavy atom. The van der Waals surface area contributed by atoms with E-state index in [-0.39, 0.29) is 5.91 Å². The van der Waals surface area contributed by atoms with Crippen LogP contribution in [0.2, 0.25) is 0 Å². The number of carbonyl (C=O) groups is 1. The molecule has 8 nitrogen and oxygen atoms in total. The van der Waals surface area contributed by atoms with E-state index in [1.54, 1.807) is 24.0 Å². The first-order valence-corrected chi connectivity index (χ1v) is 9.82. The zero-order valence-corrected chi connectivity index (χ0v) is 16.5. The van der Waals surface area contributed by atoms with Gasteiger partial charge in [-0.15, -0.1) is 0 Å². The molecule has 1 N–H and O–H groups in total. The molecule has 8 heteroatoms. The molecule has 4 rings (SSSR count). The van der Waals surface area contributed by atoms with Crippen molar-refractivity contribution in [3.05, 3.63) is 48.3 Å². The van der Waals surface area contributed by atoms with Gasteiger partial charge < -0.3 is 14.8 Å². The van der Waals surface area contributed by atoms with E-state index in [9.17, 15) is 4.79 Å². The number of morpholine rings is 1. The number of rotatable bonds is 7. The maximum Gasteiger partial charge on any atom is 0.256 e. The third-order valence-corrected chi connectivity index (χ3v) is 5.05. The molecule has 0 saturated carbocycles. The second-order valence-corrected chi connectivity index (χ2v) is 6.92. The molecule has 152 valence electrons. The van der Waals surface area contributed by atoms with E-state index in [1.165, 1.54) is 0 Å². The lowest BCUT2D eigenvalue weighted by molar-refractivity contribution is 0.0374. The minimum atomic E-state index is -0.155. The summed E-state index contributed by atoms with van der Waals surface area (Å²) in [5.74, 6) is 0.607. The number of nitrogens with one attached hydrogen (secondary N) is 1. The molecule has 1 fully saturated rings. The number of aromatic nitrogens is 3. The number of hydrogen-bond donors (Lipinski definition) is 1. The summed E-state index contributed by atoms with van der Waals surface area (Å²) < 4.78 is 12.4. The molecular weight excluding hydrogens is 370 g/mol. The molecule has 0 radical (unpaired) electrons. The lowest BCUT2D eigenvalue weighted by Gasteiger charge is -2.26. The van der Waals surface area contributed by atoms with Crippen molar-refractivity contribution in [1.29, 1.82) is 0 Å². The Hall–Kier alpha value is -2.97. The molecular formula is C21H25N5O3. The minimum absolute atomic E-state index is 0.155. The van der Waals surface area contributed by atoms with Crippen LogP contribution >= 0.6 is 0 Å². The summed E-state index contributed by atoms with van der Waals surface area (Å²) >= 11 is 0. The maximum absolute atomic E-state index is 12.7. The van der Waals surface area contributed by atoms with Gasteiger partial charge in [-0.05, 0) is 31.2 Å². The molecule has 0 aliphatic carbocycles. The zero-order chi connectivity index (χ0) is 20.1. The number of hydrogen-bond acceptors (Lipinski definition) is 6. The Morgan fingerprint density at radius 3 is 2.97 bits per heavy atom. The number of fused-ring (bicyclic) bond motifs is 1. The predicted molar refractivity (Wildman–Crippen MR) is 109 cm³/mol. The molecule has 3 aromatic rings. The number of methoxy groups -OCH3 is 1. The largest absolute Gasteiger partial charge is 0.497 e. The quantitative estimate of drug-likeness (QED) is 0.615. The molecule has 29 heavy (non-hydrogen) atoms. The first kappa shape index (κ1) is 19.4. The smallest absolute Gasteiger partial charge is 0.256 e. The highest BCUT2D eigenvalue weighted by molar-refractivity contribution is 5.99. The van der Waals surface area contributed by atoms with Crippen LogP contribution in [-0.2, 0) is 4.74 Å². The fourth-order valence-corrected chi connectivity index (χ4v) is 3.48. The van der Waals surface area contributed by atoms with Gasteiger partial charge in [0.1, 0.15) is 11.3 Å². The van der Waals surface area contributed by atoms with Gasteiger partial charge in [-0.1, -0.05) is 12.1 Å². The topological polar surface area (TPSA) is 81.0 Å². The highest BCUT2D eigenvalue weighted by Gasteiger charge is 2.16.